The number of hydrogen-bond acceptors (Lipinski definition) is 2. The standard InChI is InChI=1S/C9H17Cl2N2OP.ClH/c10-15(11,14)13-7-3-9(4-8-13)12-5-1-2-6-12;/h9H,1-8H2;1H. The van der Waals surface area contributed by atoms with E-state index in [1.807, 2.05) is 0 Å². The van der Waals surface area contributed by atoms with E-state index in [9.17, 15) is 4.57 Å². The summed E-state index contributed by atoms with van der Waals surface area (Å²) in [5.41, 5.74) is 0. The van der Waals surface area contributed by atoms with Crippen molar-refractivity contribution in [1.29, 1.82) is 0 Å². The lowest BCUT2D eigenvalue weighted by Crippen LogP contribution is -2.41. The summed E-state index contributed by atoms with van der Waals surface area (Å²) < 4.78 is 13.2. The van der Waals surface area contributed by atoms with Crippen LogP contribution in [-0.4, -0.2) is 41.8 Å². The Balaban J connectivity index is 0.00000128. The minimum atomic E-state index is -3.04. The van der Waals surface area contributed by atoms with Crippen LogP contribution >= 0.6 is 40.9 Å². The highest BCUT2D eigenvalue weighted by atomic mass is 35.9. The summed E-state index contributed by atoms with van der Waals surface area (Å²) in [6.07, 6.45) is 4.74. The van der Waals surface area contributed by atoms with Crippen molar-refractivity contribution in [3.05, 3.63) is 0 Å². The van der Waals surface area contributed by atoms with E-state index < -0.39 is 6.00 Å². The number of likely N-dealkylation sites (tertiary alicyclic amines) is 1. The highest BCUT2D eigenvalue weighted by Crippen LogP contribution is 2.60. The molecule has 2 rings (SSSR count). The van der Waals surface area contributed by atoms with E-state index in [1.54, 1.807) is 4.67 Å². The molecule has 2 fully saturated rings. The highest BCUT2D eigenvalue weighted by molar-refractivity contribution is 8.06. The molecule has 96 valence electrons. The van der Waals surface area contributed by atoms with Crippen molar-refractivity contribution in [2.24, 2.45) is 0 Å². The normalized spacial score (nSPS) is 25.6. The van der Waals surface area contributed by atoms with Crippen LogP contribution < -0.4 is 0 Å². The molecule has 0 aliphatic carbocycles. The third-order valence-corrected chi connectivity index (χ3v) is 5.77. The zero-order chi connectivity index (χ0) is 10.9. The van der Waals surface area contributed by atoms with Gasteiger partial charge in [-0.25, -0.2) is 4.67 Å². The van der Waals surface area contributed by atoms with Crippen LogP contribution in [0.15, 0.2) is 0 Å². The van der Waals surface area contributed by atoms with E-state index >= 15 is 0 Å². The van der Waals surface area contributed by atoms with Crippen LogP contribution in [-0.2, 0) is 4.57 Å². The van der Waals surface area contributed by atoms with E-state index in [0.29, 0.717) is 6.04 Å². The Morgan fingerprint density at radius 3 is 1.94 bits per heavy atom. The fourth-order valence-electron chi connectivity index (χ4n) is 2.56. The van der Waals surface area contributed by atoms with Crippen LogP contribution in [0.1, 0.15) is 25.7 Å². The van der Waals surface area contributed by atoms with Gasteiger partial charge in [-0.15, -0.1) is 12.4 Å². The van der Waals surface area contributed by atoms with Crippen LogP contribution in [0.4, 0.5) is 0 Å². The van der Waals surface area contributed by atoms with Gasteiger partial charge >= 0.3 is 6.00 Å². The van der Waals surface area contributed by atoms with Gasteiger partial charge in [0.2, 0.25) is 0 Å². The van der Waals surface area contributed by atoms with Crippen molar-refractivity contribution < 1.29 is 4.57 Å². The van der Waals surface area contributed by atoms with Gasteiger partial charge in [0.15, 0.2) is 0 Å². The average Bonchev–Trinajstić information content (AvgIpc) is 2.69. The minimum Gasteiger partial charge on any atom is -0.300 e. The van der Waals surface area contributed by atoms with Crippen LogP contribution in [0.25, 0.3) is 0 Å². The molecule has 0 bridgehead atoms. The summed E-state index contributed by atoms with van der Waals surface area (Å²) >= 11 is 11.3. The van der Waals surface area contributed by atoms with Crippen LogP contribution in [0.3, 0.4) is 0 Å². The van der Waals surface area contributed by atoms with Crippen LogP contribution in [0.5, 0.6) is 0 Å². The maximum Gasteiger partial charge on any atom is 0.322 e. The molecule has 0 aromatic heterocycles. The van der Waals surface area contributed by atoms with Crippen molar-refractivity contribution in [3.8, 4) is 0 Å². The zero-order valence-electron chi connectivity index (χ0n) is 9.15. The Kier molecular flexibility index (Phi) is 5.90. The lowest BCUT2D eigenvalue weighted by molar-refractivity contribution is 0.169. The van der Waals surface area contributed by atoms with E-state index in [4.69, 9.17) is 22.5 Å². The van der Waals surface area contributed by atoms with Crippen molar-refractivity contribution in [1.82, 2.24) is 9.57 Å². The highest BCUT2D eigenvalue weighted by Gasteiger charge is 2.32. The predicted molar refractivity (Wildman–Crippen MR) is 72.0 cm³/mol. The van der Waals surface area contributed by atoms with E-state index in [0.717, 1.165) is 25.9 Å². The molecule has 16 heavy (non-hydrogen) atoms. The predicted octanol–water partition coefficient (Wildman–Crippen LogP) is 3.55. The zero-order valence-corrected chi connectivity index (χ0v) is 12.4. The minimum absolute atomic E-state index is 0. The molecule has 0 saturated carbocycles. The van der Waals surface area contributed by atoms with Crippen molar-refractivity contribution in [3.63, 3.8) is 0 Å². The fraction of sp³-hybridized carbons (Fsp3) is 1.00. The molecule has 2 heterocycles. The average molecular weight is 308 g/mol. The largest absolute Gasteiger partial charge is 0.322 e. The first-order valence-corrected chi connectivity index (χ1v) is 9.03. The molecule has 0 aromatic carbocycles. The Morgan fingerprint density at radius 1 is 1.00 bits per heavy atom. The fourth-order valence-corrected chi connectivity index (χ4v) is 4.16. The second-order valence-electron chi connectivity index (χ2n) is 4.36. The molecule has 0 aromatic rings. The number of piperidine rings is 1. The summed E-state index contributed by atoms with van der Waals surface area (Å²) in [6.45, 7) is 3.99. The first-order chi connectivity index (χ1) is 7.07. The third kappa shape index (κ3) is 3.76. The lowest BCUT2D eigenvalue weighted by Gasteiger charge is -2.36. The molecule has 2 aliphatic heterocycles. The van der Waals surface area contributed by atoms with Crippen LogP contribution in [0, 0.1) is 0 Å². The molecular weight excluding hydrogens is 289 g/mol. The molecule has 0 amide bonds. The molecule has 2 aliphatic rings. The van der Waals surface area contributed by atoms with E-state index in [-0.39, 0.29) is 12.4 Å². The number of nitrogens with zero attached hydrogens (tertiary/aromatic N) is 2. The van der Waals surface area contributed by atoms with Crippen molar-refractivity contribution >= 4 is 40.9 Å². The SMILES string of the molecule is Cl.O=P(Cl)(Cl)N1CCC(N2CCCC2)CC1. The topological polar surface area (TPSA) is 23.6 Å². The molecular formula is C9H18Cl3N2OP. The second kappa shape index (κ2) is 6.26. The van der Waals surface area contributed by atoms with Crippen LogP contribution in [0.2, 0.25) is 0 Å². The lowest BCUT2D eigenvalue weighted by atomic mass is 10.1. The summed E-state index contributed by atoms with van der Waals surface area (Å²) in [4.78, 5) is 2.55. The monoisotopic (exact) mass is 306 g/mol. The van der Waals surface area contributed by atoms with Gasteiger partial charge in [0.1, 0.15) is 0 Å². The van der Waals surface area contributed by atoms with Gasteiger partial charge in [-0.05, 0) is 61.3 Å². The molecule has 0 N–H and O–H groups in total. The number of halogens is 3. The number of rotatable bonds is 2. The summed E-state index contributed by atoms with van der Waals surface area (Å²) in [5.74, 6) is -3.04. The third-order valence-electron chi connectivity index (χ3n) is 3.43. The molecule has 0 atom stereocenters. The molecule has 2 saturated heterocycles. The summed E-state index contributed by atoms with van der Waals surface area (Å²) in [5, 5.41) is 0. The smallest absolute Gasteiger partial charge is 0.300 e. The first-order valence-electron chi connectivity index (χ1n) is 5.56. The van der Waals surface area contributed by atoms with E-state index in [1.165, 1.54) is 25.9 Å². The quantitative estimate of drug-likeness (QED) is 0.729. The Labute approximate surface area is 113 Å². The van der Waals surface area contributed by atoms with Gasteiger partial charge < -0.3 is 4.90 Å². The van der Waals surface area contributed by atoms with Crippen molar-refractivity contribution in [2.45, 2.75) is 31.7 Å². The van der Waals surface area contributed by atoms with Gasteiger partial charge in [0.25, 0.3) is 0 Å². The second-order valence-corrected chi connectivity index (χ2v) is 9.07. The van der Waals surface area contributed by atoms with Gasteiger partial charge in [-0.2, -0.15) is 0 Å². The summed E-state index contributed by atoms with van der Waals surface area (Å²) in [7, 11) is 0. The Hall–Kier alpha value is 1.02. The molecule has 0 radical (unpaired) electrons. The Bertz CT molecular complexity index is 259. The molecule has 0 spiro atoms. The van der Waals surface area contributed by atoms with Gasteiger partial charge in [-0.3, -0.25) is 4.57 Å². The van der Waals surface area contributed by atoms with Gasteiger partial charge in [0, 0.05) is 19.1 Å². The Morgan fingerprint density at radius 2 is 1.50 bits per heavy atom. The maximum absolute atomic E-state index is 11.4. The number of hydrogen-bond donors (Lipinski definition) is 0. The molecule has 7 heteroatoms. The molecule has 0 unspecified atom stereocenters. The van der Waals surface area contributed by atoms with Crippen molar-refractivity contribution in [2.75, 3.05) is 26.2 Å². The molecule has 3 nitrogen and oxygen atoms in total. The van der Waals surface area contributed by atoms with Gasteiger partial charge in [0.05, 0.1) is 0 Å². The van der Waals surface area contributed by atoms with Gasteiger partial charge in [-0.1, -0.05) is 0 Å². The summed E-state index contributed by atoms with van der Waals surface area (Å²) in [6, 6.07) is 0.656. The first kappa shape index (κ1) is 15.1. The maximum atomic E-state index is 11.4. The van der Waals surface area contributed by atoms with E-state index in [2.05, 4.69) is 4.90 Å².